The standard InChI is InChI=1S/C23H30FN3/c1-17(18-8-3-2-4-9-18)15-27-13-7-10-19(16-27)23-21(14-25-26-23)20-11-5-6-12-22(20)24/h2-6,8-9,11-12,17,19,21,23,25-26H,7,10,13-16H2,1H3. The van der Waals surface area contributed by atoms with Gasteiger partial charge in [0.25, 0.3) is 0 Å². The fourth-order valence-electron chi connectivity index (χ4n) is 4.86. The third kappa shape index (κ3) is 4.23. The minimum Gasteiger partial charge on any atom is -0.302 e. The fourth-order valence-corrected chi connectivity index (χ4v) is 4.86. The predicted octanol–water partition coefficient (Wildman–Crippen LogP) is 3.90. The van der Waals surface area contributed by atoms with Crippen molar-refractivity contribution in [1.29, 1.82) is 0 Å². The van der Waals surface area contributed by atoms with Crippen LogP contribution in [0.3, 0.4) is 0 Å². The summed E-state index contributed by atoms with van der Waals surface area (Å²) in [6.45, 7) is 6.45. The summed E-state index contributed by atoms with van der Waals surface area (Å²) in [5.74, 6) is 1.19. The van der Waals surface area contributed by atoms with Crippen molar-refractivity contribution in [2.24, 2.45) is 5.92 Å². The second kappa shape index (κ2) is 8.51. The van der Waals surface area contributed by atoms with Crippen LogP contribution in [-0.4, -0.2) is 37.1 Å². The highest BCUT2D eigenvalue weighted by molar-refractivity contribution is 5.25. The Balaban J connectivity index is 1.42. The van der Waals surface area contributed by atoms with Gasteiger partial charge in [-0.25, -0.2) is 4.39 Å². The van der Waals surface area contributed by atoms with Crippen LogP contribution in [0.5, 0.6) is 0 Å². The van der Waals surface area contributed by atoms with Crippen LogP contribution in [0.2, 0.25) is 0 Å². The van der Waals surface area contributed by atoms with Gasteiger partial charge in [0.1, 0.15) is 5.82 Å². The van der Waals surface area contributed by atoms with Gasteiger partial charge in [-0.15, -0.1) is 0 Å². The molecule has 2 aromatic carbocycles. The van der Waals surface area contributed by atoms with Crippen molar-refractivity contribution in [3.05, 3.63) is 71.5 Å². The third-order valence-electron chi connectivity index (χ3n) is 6.28. The van der Waals surface area contributed by atoms with E-state index in [-0.39, 0.29) is 17.8 Å². The van der Waals surface area contributed by atoms with E-state index >= 15 is 0 Å². The van der Waals surface area contributed by atoms with Gasteiger partial charge in [-0.3, -0.25) is 10.9 Å². The Bertz CT molecular complexity index is 735. The maximum absolute atomic E-state index is 14.4. The zero-order chi connectivity index (χ0) is 18.6. The highest BCUT2D eigenvalue weighted by Gasteiger charge is 2.37. The zero-order valence-electron chi connectivity index (χ0n) is 16.1. The Morgan fingerprint density at radius 2 is 1.89 bits per heavy atom. The molecule has 4 unspecified atom stereocenters. The van der Waals surface area contributed by atoms with Crippen molar-refractivity contribution in [2.45, 2.75) is 37.6 Å². The van der Waals surface area contributed by atoms with Gasteiger partial charge in [0, 0.05) is 31.6 Å². The molecule has 0 saturated carbocycles. The first-order valence-corrected chi connectivity index (χ1v) is 10.2. The van der Waals surface area contributed by atoms with Crippen LogP contribution in [0.15, 0.2) is 54.6 Å². The summed E-state index contributed by atoms with van der Waals surface area (Å²) in [5.41, 5.74) is 9.01. The first kappa shape index (κ1) is 18.6. The van der Waals surface area contributed by atoms with Crippen molar-refractivity contribution in [1.82, 2.24) is 15.8 Å². The lowest BCUT2D eigenvalue weighted by Gasteiger charge is -2.38. The van der Waals surface area contributed by atoms with Gasteiger partial charge >= 0.3 is 0 Å². The molecule has 27 heavy (non-hydrogen) atoms. The molecular formula is C23H30FN3. The number of piperidine rings is 1. The summed E-state index contributed by atoms with van der Waals surface area (Å²) in [5, 5.41) is 0. The SMILES string of the molecule is CC(CN1CCCC(C2NNCC2c2ccccc2F)C1)c1ccccc1. The fraction of sp³-hybridized carbons (Fsp3) is 0.478. The topological polar surface area (TPSA) is 27.3 Å². The molecule has 0 spiro atoms. The molecule has 0 aliphatic carbocycles. The van der Waals surface area contributed by atoms with E-state index in [1.165, 1.54) is 18.4 Å². The molecule has 4 rings (SSSR count). The van der Waals surface area contributed by atoms with Crippen LogP contribution in [-0.2, 0) is 0 Å². The van der Waals surface area contributed by atoms with Crippen LogP contribution in [0.25, 0.3) is 0 Å². The number of nitrogens with one attached hydrogen (secondary N) is 2. The molecule has 2 N–H and O–H groups in total. The smallest absolute Gasteiger partial charge is 0.126 e. The number of nitrogens with zero attached hydrogens (tertiary/aromatic N) is 1. The molecule has 0 amide bonds. The van der Waals surface area contributed by atoms with Crippen molar-refractivity contribution in [2.75, 3.05) is 26.2 Å². The van der Waals surface area contributed by atoms with Crippen LogP contribution in [0, 0.1) is 11.7 Å². The molecule has 2 aliphatic heterocycles. The molecular weight excluding hydrogens is 337 g/mol. The molecule has 2 saturated heterocycles. The molecule has 0 aromatic heterocycles. The number of hydrogen-bond donors (Lipinski definition) is 2. The summed E-state index contributed by atoms with van der Waals surface area (Å²) in [7, 11) is 0. The highest BCUT2D eigenvalue weighted by Crippen LogP contribution is 2.33. The molecule has 4 heteroatoms. The van der Waals surface area contributed by atoms with Crippen LogP contribution in [0.4, 0.5) is 4.39 Å². The van der Waals surface area contributed by atoms with Gasteiger partial charge in [-0.05, 0) is 48.4 Å². The minimum absolute atomic E-state index is 0.0802. The Labute approximate surface area is 161 Å². The molecule has 2 fully saturated rings. The number of hydrogen-bond acceptors (Lipinski definition) is 3. The van der Waals surface area contributed by atoms with E-state index in [4.69, 9.17) is 0 Å². The molecule has 3 nitrogen and oxygen atoms in total. The Morgan fingerprint density at radius 1 is 1.11 bits per heavy atom. The normalized spacial score (nSPS) is 27.6. The Kier molecular flexibility index (Phi) is 5.86. The summed E-state index contributed by atoms with van der Waals surface area (Å²) in [6, 6.07) is 18.3. The van der Waals surface area contributed by atoms with Crippen molar-refractivity contribution >= 4 is 0 Å². The van der Waals surface area contributed by atoms with Gasteiger partial charge in [-0.1, -0.05) is 55.5 Å². The van der Waals surface area contributed by atoms with Crippen molar-refractivity contribution in [3.8, 4) is 0 Å². The second-order valence-electron chi connectivity index (χ2n) is 8.15. The lowest BCUT2D eigenvalue weighted by atomic mass is 9.80. The summed E-state index contributed by atoms with van der Waals surface area (Å²) < 4.78 is 14.4. The zero-order valence-corrected chi connectivity index (χ0v) is 16.1. The average molecular weight is 368 g/mol. The lowest BCUT2D eigenvalue weighted by molar-refractivity contribution is 0.140. The molecule has 2 heterocycles. The van der Waals surface area contributed by atoms with E-state index in [1.807, 2.05) is 12.1 Å². The summed E-state index contributed by atoms with van der Waals surface area (Å²) >= 11 is 0. The van der Waals surface area contributed by atoms with E-state index in [2.05, 4.69) is 53.0 Å². The Hall–Kier alpha value is -1.75. The molecule has 0 radical (unpaired) electrons. The molecule has 0 bridgehead atoms. The number of rotatable bonds is 5. The van der Waals surface area contributed by atoms with E-state index in [0.29, 0.717) is 11.8 Å². The maximum Gasteiger partial charge on any atom is 0.126 e. The largest absolute Gasteiger partial charge is 0.302 e. The maximum atomic E-state index is 14.4. The quantitative estimate of drug-likeness (QED) is 0.839. The van der Waals surface area contributed by atoms with Gasteiger partial charge in [0.05, 0.1) is 0 Å². The molecule has 2 aliphatic rings. The van der Waals surface area contributed by atoms with E-state index in [0.717, 1.165) is 31.7 Å². The van der Waals surface area contributed by atoms with Crippen molar-refractivity contribution < 1.29 is 4.39 Å². The Morgan fingerprint density at radius 3 is 2.70 bits per heavy atom. The first-order chi connectivity index (χ1) is 13.2. The van der Waals surface area contributed by atoms with Gasteiger partial charge in [0.2, 0.25) is 0 Å². The van der Waals surface area contributed by atoms with E-state index in [1.54, 1.807) is 12.1 Å². The second-order valence-corrected chi connectivity index (χ2v) is 8.15. The number of benzene rings is 2. The summed E-state index contributed by atoms with van der Waals surface area (Å²) in [6.07, 6.45) is 2.43. The summed E-state index contributed by atoms with van der Waals surface area (Å²) in [4.78, 5) is 2.60. The van der Waals surface area contributed by atoms with Crippen LogP contribution < -0.4 is 10.9 Å². The average Bonchev–Trinajstić information content (AvgIpc) is 3.19. The minimum atomic E-state index is -0.0802. The molecule has 144 valence electrons. The van der Waals surface area contributed by atoms with Gasteiger partial charge in [-0.2, -0.15) is 0 Å². The lowest BCUT2D eigenvalue weighted by Crippen LogP contribution is -2.47. The number of halogens is 1. The predicted molar refractivity (Wildman–Crippen MR) is 108 cm³/mol. The first-order valence-electron chi connectivity index (χ1n) is 10.2. The van der Waals surface area contributed by atoms with Crippen LogP contribution >= 0.6 is 0 Å². The number of hydrazine groups is 1. The van der Waals surface area contributed by atoms with Gasteiger partial charge < -0.3 is 4.90 Å². The monoisotopic (exact) mass is 367 g/mol. The van der Waals surface area contributed by atoms with Crippen LogP contribution in [0.1, 0.15) is 42.7 Å². The third-order valence-corrected chi connectivity index (χ3v) is 6.28. The van der Waals surface area contributed by atoms with E-state index < -0.39 is 0 Å². The van der Waals surface area contributed by atoms with E-state index in [9.17, 15) is 4.39 Å². The van der Waals surface area contributed by atoms with Gasteiger partial charge in [0.15, 0.2) is 0 Å². The highest BCUT2D eigenvalue weighted by atomic mass is 19.1. The van der Waals surface area contributed by atoms with Crippen molar-refractivity contribution in [3.63, 3.8) is 0 Å². The molecule has 2 aromatic rings. The molecule has 4 atom stereocenters. The number of likely N-dealkylation sites (tertiary alicyclic amines) is 1.